The minimum Gasteiger partial charge on any atom is -0.396 e. The molecule has 2 nitrogen and oxygen atoms in total. The van der Waals surface area contributed by atoms with Gasteiger partial charge in [-0.1, -0.05) is 0 Å². The second kappa shape index (κ2) is 4.43. The van der Waals surface area contributed by atoms with Crippen LogP contribution in [0.4, 0.5) is 0 Å². The predicted octanol–water partition coefficient (Wildman–Crippen LogP) is 1.78. The molecule has 1 rings (SSSR count). The number of quaternary nitrogens is 1. The van der Waals surface area contributed by atoms with Gasteiger partial charge in [0.25, 0.3) is 0 Å². The maximum absolute atomic E-state index is 8.87. The highest BCUT2D eigenvalue weighted by Crippen LogP contribution is 2.29. The summed E-state index contributed by atoms with van der Waals surface area (Å²) >= 11 is 0. The third-order valence-electron chi connectivity index (χ3n) is 4.06. The van der Waals surface area contributed by atoms with Gasteiger partial charge in [0.15, 0.2) is 0 Å². The molecule has 2 heteroatoms. The van der Waals surface area contributed by atoms with Gasteiger partial charge < -0.3 is 9.59 Å². The SMILES string of the molecule is CC1CCCC(C)[N+]1(C)CCCO. The van der Waals surface area contributed by atoms with Crippen molar-refractivity contribution in [3.8, 4) is 0 Å². The van der Waals surface area contributed by atoms with E-state index in [0.29, 0.717) is 6.61 Å². The smallest absolute Gasteiger partial charge is 0.0861 e. The maximum Gasteiger partial charge on any atom is 0.0861 e. The Labute approximate surface area is 82.1 Å². The highest BCUT2D eigenvalue weighted by atomic mass is 16.3. The van der Waals surface area contributed by atoms with Crippen LogP contribution in [-0.2, 0) is 0 Å². The Balaban J connectivity index is 2.58. The summed E-state index contributed by atoms with van der Waals surface area (Å²) in [6.45, 7) is 6.19. The van der Waals surface area contributed by atoms with E-state index >= 15 is 0 Å². The van der Waals surface area contributed by atoms with E-state index in [4.69, 9.17) is 5.11 Å². The van der Waals surface area contributed by atoms with Crippen molar-refractivity contribution in [2.24, 2.45) is 0 Å². The molecule has 2 atom stereocenters. The van der Waals surface area contributed by atoms with Crippen LogP contribution in [0.25, 0.3) is 0 Å². The number of aliphatic hydroxyl groups is 1. The first-order chi connectivity index (χ1) is 6.11. The average Bonchev–Trinajstić information content (AvgIpc) is 2.11. The van der Waals surface area contributed by atoms with Crippen LogP contribution in [0.1, 0.15) is 39.5 Å². The molecule has 0 aliphatic carbocycles. The summed E-state index contributed by atoms with van der Waals surface area (Å²) in [7, 11) is 2.35. The highest BCUT2D eigenvalue weighted by molar-refractivity contribution is 4.67. The molecule has 0 aromatic heterocycles. The van der Waals surface area contributed by atoms with Gasteiger partial charge in [-0.25, -0.2) is 0 Å². The topological polar surface area (TPSA) is 20.2 Å². The fraction of sp³-hybridized carbons (Fsp3) is 1.00. The second-order valence-electron chi connectivity index (χ2n) is 4.78. The zero-order chi connectivity index (χ0) is 9.90. The van der Waals surface area contributed by atoms with Crippen LogP contribution in [0.15, 0.2) is 0 Å². The molecule has 0 amide bonds. The third-order valence-corrected chi connectivity index (χ3v) is 4.06. The van der Waals surface area contributed by atoms with Crippen molar-refractivity contribution < 1.29 is 9.59 Å². The van der Waals surface area contributed by atoms with Crippen molar-refractivity contribution in [1.29, 1.82) is 0 Å². The summed E-state index contributed by atoms with van der Waals surface area (Å²) in [5.41, 5.74) is 0. The number of rotatable bonds is 3. The number of likely N-dealkylation sites (tertiary alicyclic amines) is 1. The molecule has 0 bridgehead atoms. The van der Waals surface area contributed by atoms with Gasteiger partial charge in [0.2, 0.25) is 0 Å². The summed E-state index contributed by atoms with van der Waals surface area (Å²) in [5, 5.41) is 8.87. The minimum atomic E-state index is 0.341. The van der Waals surface area contributed by atoms with Crippen molar-refractivity contribution in [2.45, 2.75) is 51.6 Å². The summed E-state index contributed by atoms with van der Waals surface area (Å²) < 4.78 is 1.17. The summed E-state index contributed by atoms with van der Waals surface area (Å²) in [6.07, 6.45) is 5.04. The Kier molecular flexibility index (Phi) is 3.74. The van der Waals surface area contributed by atoms with Crippen LogP contribution in [0.2, 0.25) is 0 Å². The lowest BCUT2D eigenvalue weighted by Gasteiger charge is -2.48. The molecular formula is C11H24NO+. The van der Waals surface area contributed by atoms with Gasteiger partial charge in [-0.2, -0.15) is 0 Å². The molecule has 78 valence electrons. The van der Waals surface area contributed by atoms with Crippen molar-refractivity contribution in [3.05, 3.63) is 0 Å². The standard InChI is InChI=1S/C11H24NO/c1-10-6-4-7-11(2)12(10,3)8-5-9-13/h10-11,13H,4-9H2,1-3H3/q+1. The molecule has 1 heterocycles. The van der Waals surface area contributed by atoms with E-state index in [1.54, 1.807) is 0 Å². The van der Waals surface area contributed by atoms with Gasteiger partial charge >= 0.3 is 0 Å². The first kappa shape index (κ1) is 11.0. The Bertz CT molecular complexity index is 148. The second-order valence-corrected chi connectivity index (χ2v) is 4.78. The molecule has 0 aromatic carbocycles. The number of nitrogens with zero attached hydrogens (tertiary/aromatic N) is 1. The molecule has 1 N–H and O–H groups in total. The van der Waals surface area contributed by atoms with Gasteiger partial charge in [-0.05, 0) is 33.1 Å². The molecule has 0 aromatic rings. The predicted molar refractivity (Wildman–Crippen MR) is 55.5 cm³/mol. The van der Waals surface area contributed by atoms with Gasteiger partial charge in [0.1, 0.15) is 0 Å². The van der Waals surface area contributed by atoms with E-state index in [-0.39, 0.29) is 0 Å². The first-order valence-electron chi connectivity index (χ1n) is 5.57. The summed E-state index contributed by atoms with van der Waals surface area (Å²) in [5.74, 6) is 0. The van der Waals surface area contributed by atoms with Crippen LogP contribution in [0.3, 0.4) is 0 Å². The lowest BCUT2D eigenvalue weighted by molar-refractivity contribution is -0.958. The van der Waals surface area contributed by atoms with Crippen molar-refractivity contribution in [1.82, 2.24) is 0 Å². The molecule has 0 spiro atoms. The Morgan fingerprint density at radius 2 is 1.77 bits per heavy atom. The lowest BCUT2D eigenvalue weighted by atomic mass is 9.94. The molecule has 0 saturated carbocycles. The van der Waals surface area contributed by atoms with Gasteiger partial charge in [-0.15, -0.1) is 0 Å². The molecular weight excluding hydrogens is 162 g/mol. The van der Waals surface area contributed by atoms with Crippen LogP contribution in [0, 0.1) is 0 Å². The summed E-state index contributed by atoms with van der Waals surface area (Å²) in [4.78, 5) is 0. The van der Waals surface area contributed by atoms with Gasteiger partial charge in [0.05, 0.1) is 25.7 Å². The van der Waals surface area contributed by atoms with E-state index in [9.17, 15) is 0 Å². The van der Waals surface area contributed by atoms with E-state index in [0.717, 1.165) is 25.0 Å². The maximum atomic E-state index is 8.87. The monoisotopic (exact) mass is 186 g/mol. The average molecular weight is 186 g/mol. The molecule has 1 aliphatic rings. The number of aliphatic hydroxyl groups excluding tert-OH is 1. The minimum absolute atomic E-state index is 0.341. The number of piperidine rings is 1. The van der Waals surface area contributed by atoms with Crippen LogP contribution in [-0.4, -0.2) is 41.9 Å². The van der Waals surface area contributed by atoms with Crippen molar-refractivity contribution in [2.75, 3.05) is 20.2 Å². The van der Waals surface area contributed by atoms with Gasteiger partial charge in [0, 0.05) is 13.0 Å². The fourth-order valence-corrected chi connectivity index (χ4v) is 2.59. The molecule has 0 radical (unpaired) electrons. The zero-order valence-corrected chi connectivity index (χ0v) is 9.29. The molecule has 13 heavy (non-hydrogen) atoms. The van der Waals surface area contributed by atoms with E-state index in [2.05, 4.69) is 20.9 Å². The normalized spacial score (nSPS) is 40.6. The molecule has 1 fully saturated rings. The van der Waals surface area contributed by atoms with Gasteiger partial charge in [-0.3, -0.25) is 0 Å². The third kappa shape index (κ3) is 2.23. The van der Waals surface area contributed by atoms with Crippen LogP contribution >= 0.6 is 0 Å². The quantitative estimate of drug-likeness (QED) is 0.666. The van der Waals surface area contributed by atoms with Crippen LogP contribution in [0.5, 0.6) is 0 Å². The fourth-order valence-electron chi connectivity index (χ4n) is 2.59. The summed E-state index contributed by atoms with van der Waals surface area (Å²) in [6, 6.07) is 1.55. The highest BCUT2D eigenvalue weighted by Gasteiger charge is 2.37. The van der Waals surface area contributed by atoms with Crippen molar-refractivity contribution >= 4 is 0 Å². The lowest BCUT2D eigenvalue weighted by Crippen LogP contribution is -2.59. The first-order valence-corrected chi connectivity index (χ1v) is 5.57. The zero-order valence-electron chi connectivity index (χ0n) is 9.29. The molecule has 1 aliphatic heterocycles. The molecule has 2 unspecified atom stereocenters. The molecule has 1 saturated heterocycles. The number of hydrogen-bond acceptors (Lipinski definition) is 1. The Hall–Kier alpha value is -0.0800. The number of hydrogen-bond donors (Lipinski definition) is 1. The van der Waals surface area contributed by atoms with E-state index in [1.807, 2.05) is 0 Å². The Morgan fingerprint density at radius 1 is 1.23 bits per heavy atom. The van der Waals surface area contributed by atoms with E-state index in [1.165, 1.54) is 23.7 Å². The largest absolute Gasteiger partial charge is 0.396 e. The Morgan fingerprint density at radius 3 is 2.23 bits per heavy atom. The van der Waals surface area contributed by atoms with E-state index < -0.39 is 0 Å². The van der Waals surface area contributed by atoms with Crippen LogP contribution < -0.4 is 0 Å². The van der Waals surface area contributed by atoms with Crippen molar-refractivity contribution in [3.63, 3.8) is 0 Å².